The van der Waals surface area contributed by atoms with Crippen molar-refractivity contribution in [2.45, 2.75) is 6.92 Å². The molecule has 21 heavy (non-hydrogen) atoms. The third kappa shape index (κ3) is 3.98. The van der Waals surface area contributed by atoms with Crippen LogP contribution in [0.15, 0.2) is 42.5 Å². The maximum absolute atomic E-state index is 11.9. The highest BCUT2D eigenvalue weighted by Crippen LogP contribution is 2.18. The number of nitrogens with one attached hydrogen (secondary N) is 2. The van der Waals surface area contributed by atoms with E-state index in [9.17, 15) is 4.79 Å². The summed E-state index contributed by atoms with van der Waals surface area (Å²) in [7, 11) is 0. The lowest BCUT2D eigenvalue weighted by molar-refractivity contribution is -0.114. The highest BCUT2D eigenvalue weighted by Gasteiger charge is 2.07. The Morgan fingerprint density at radius 1 is 1.29 bits per heavy atom. The van der Waals surface area contributed by atoms with Crippen LogP contribution < -0.4 is 10.6 Å². The summed E-state index contributed by atoms with van der Waals surface area (Å²) in [6.45, 7) is 1.93. The fraction of sp³-hybridized carbons (Fsp3) is 0.125. The van der Waals surface area contributed by atoms with Crippen LogP contribution in [0.4, 0.5) is 11.4 Å². The van der Waals surface area contributed by atoms with E-state index >= 15 is 0 Å². The second kappa shape index (κ2) is 6.78. The highest BCUT2D eigenvalue weighted by atomic mass is 35.5. The third-order valence-corrected chi connectivity index (χ3v) is 3.17. The molecule has 5 heteroatoms. The summed E-state index contributed by atoms with van der Waals surface area (Å²) < 4.78 is 0. The number of halogens is 1. The van der Waals surface area contributed by atoms with E-state index in [2.05, 4.69) is 16.7 Å². The molecule has 0 aromatic heterocycles. The molecule has 106 valence electrons. The zero-order valence-electron chi connectivity index (χ0n) is 11.5. The van der Waals surface area contributed by atoms with Gasteiger partial charge in [-0.2, -0.15) is 5.26 Å². The normalized spacial score (nSPS) is 9.76. The third-order valence-electron chi connectivity index (χ3n) is 2.93. The minimum atomic E-state index is -0.206. The molecule has 0 aliphatic carbocycles. The van der Waals surface area contributed by atoms with Crippen LogP contribution in [0.2, 0.25) is 5.02 Å². The standard InChI is InChI=1S/C16H14ClN3O/c1-11-4-2-7-15(14(11)9-18)19-10-16(21)20-13-6-3-5-12(17)8-13/h2-8,19H,10H2,1H3,(H,20,21). The zero-order chi connectivity index (χ0) is 15.2. The van der Waals surface area contributed by atoms with Gasteiger partial charge in [-0.1, -0.05) is 29.8 Å². The van der Waals surface area contributed by atoms with Crippen LogP contribution in [0, 0.1) is 18.3 Å². The Hall–Kier alpha value is -2.51. The lowest BCUT2D eigenvalue weighted by Gasteiger charge is -2.10. The number of carbonyl (C=O) groups excluding carboxylic acids is 1. The van der Waals surface area contributed by atoms with Crippen molar-refractivity contribution in [1.29, 1.82) is 5.26 Å². The molecule has 0 atom stereocenters. The van der Waals surface area contributed by atoms with E-state index < -0.39 is 0 Å². The molecular formula is C16H14ClN3O. The van der Waals surface area contributed by atoms with Crippen LogP contribution in [0.1, 0.15) is 11.1 Å². The molecule has 0 fully saturated rings. The van der Waals surface area contributed by atoms with E-state index in [1.54, 1.807) is 30.3 Å². The van der Waals surface area contributed by atoms with Gasteiger partial charge in [0.15, 0.2) is 0 Å². The van der Waals surface area contributed by atoms with E-state index in [1.807, 2.05) is 19.1 Å². The van der Waals surface area contributed by atoms with Crippen molar-refractivity contribution in [2.24, 2.45) is 0 Å². The smallest absolute Gasteiger partial charge is 0.243 e. The van der Waals surface area contributed by atoms with Gasteiger partial charge in [-0.3, -0.25) is 4.79 Å². The summed E-state index contributed by atoms with van der Waals surface area (Å²) in [5.74, 6) is -0.206. The molecule has 0 aliphatic heterocycles. The molecule has 2 aromatic carbocycles. The number of anilines is 2. The van der Waals surface area contributed by atoms with Crippen molar-refractivity contribution in [3.8, 4) is 6.07 Å². The summed E-state index contributed by atoms with van der Waals surface area (Å²) in [5, 5.41) is 15.4. The predicted octanol–water partition coefficient (Wildman–Crippen LogP) is 3.57. The molecule has 0 heterocycles. The van der Waals surface area contributed by atoms with Gasteiger partial charge < -0.3 is 10.6 Å². The molecule has 0 bridgehead atoms. The predicted molar refractivity (Wildman–Crippen MR) is 84.5 cm³/mol. The minimum absolute atomic E-state index is 0.0741. The van der Waals surface area contributed by atoms with Crippen molar-refractivity contribution in [3.05, 3.63) is 58.6 Å². The van der Waals surface area contributed by atoms with Gasteiger partial charge in [-0.25, -0.2) is 0 Å². The Morgan fingerprint density at radius 2 is 2.05 bits per heavy atom. The lowest BCUT2D eigenvalue weighted by atomic mass is 10.1. The average molecular weight is 300 g/mol. The molecule has 0 spiro atoms. The first kappa shape index (κ1) is 14.9. The van der Waals surface area contributed by atoms with Crippen molar-refractivity contribution in [2.75, 3.05) is 17.2 Å². The van der Waals surface area contributed by atoms with Crippen LogP contribution >= 0.6 is 11.6 Å². The van der Waals surface area contributed by atoms with Crippen LogP contribution in [-0.2, 0) is 4.79 Å². The van der Waals surface area contributed by atoms with E-state index in [4.69, 9.17) is 16.9 Å². The van der Waals surface area contributed by atoms with Gasteiger partial charge in [-0.15, -0.1) is 0 Å². The lowest BCUT2D eigenvalue weighted by Crippen LogP contribution is -2.22. The number of hydrogen-bond donors (Lipinski definition) is 2. The Kier molecular flexibility index (Phi) is 4.81. The summed E-state index contributed by atoms with van der Waals surface area (Å²) in [6, 6.07) is 14.5. The SMILES string of the molecule is Cc1cccc(NCC(=O)Nc2cccc(Cl)c2)c1C#N. The highest BCUT2D eigenvalue weighted by molar-refractivity contribution is 6.30. The first-order valence-corrected chi connectivity index (χ1v) is 6.77. The van der Waals surface area contributed by atoms with Crippen molar-refractivity contribution < 1.29 is 4.79 Å². The first-order valence-electron chi connectivity index (χ1n) is 6.39. The molecular weight excluding hydrogens is 286 g/mol. The van der Waals surface area contributed by atoms with E-state index in [-0.39, 0.29) is 12.5 Å². The van der Waals surface area contributed by atoms with Crippen molar-refractivity contribution in [1.82, 2.24) is 0 Å². The van der Waals surface area contributed by atoms with Crippen molar-refractivity contribution >= 4 is 28.9 Å². The van der Waals surface area contributed by atoms with E-state index in [0.717, 1.165) is 5.56 Å². The van der Waals surface area contributed by atoms with E-state index in [0.29, 0.717) is 22.0 Å². The van der Waals surface area contributed by atoms with Gasteiger partial charge in [0, 0.05) is 10.7 Å². The molecule has 0 aliphatic rings. The monoisotopic (exact) mass is 299 g/mol. The second-order valence-corrected chi connectivity index (χ2v) is 4.96. The summed E-state index contributed by atoms with van der Waals surface area (Å²) >= 11 is 5.86. The number of rotatable bonds is 4. The van der Waals surface area contributed by atoms with Gasteiger partial charge in [-0.05, 0) is 36.8 Å². The number of carbonyl (C=O) groups is 1. The van der Waals surface area contributed by atoms with Gasteiger partial charge in [0.2, 0.25) is 5.91 Å². The van der Waals surface area contributed by atoms with Crippen LogP contribution in [0.25, 0.3) is 0 Å². The Balaban J connectivity index is 1.99. The molecule has 2 rings (SSSR count). The number of benzene rings is 2. The number of aryl methyl sites for hydroxylation is 1. The average Bonchev–Trinajstić information content (AvgIpc) is 2.45. The van der Waals surface area contributed by atoms with Crippen molar-refractivity contribution in [3.63, 3.8) is 0 Å². The molecule has 2 N–H and O–H groups in total. The fourth-order valence-electron chi connectivity index (χ4n) is 1.91. The number of amides is 1. The Morgan fingerprint density at radius 3 is 2.76 bits per heavy atom. The molecule has 0 radical (unpaired) electrons. The second-order valence-electron chi connectivity index (χ2n) is 4.52. The van der Waals surface area contributed by atoms with Crippen LogP contribution in [-0.4, -0.2) is 12.5 Å². The number of nitriles is 1. The molecule has 0 saturated heterocycles. The fourth-order valence-corrected chi connectivity index (χ4v) is 2.10. The largest absolute Gasteiger partial charge is 0.375 e. The number of nitrogens with zero attached hydrogens (tertiary/aromatic N) is 1. The zero-order valence-corrected chi connectivity index (χ0v) is 12.2. The summed E-state index contributed by atoms with van der Waals surface area (Å²) in [4.78, 5) is 11.9. The molecule has 2 aromatic rings. The van der Waals surface area contributed by atoms with Gasteiger partial charge in [0.25, 0.3) is 0 Å². The van der Waals surface area contributed by atoms with Gasteiger partial charge in [0.1, 0.15) is 6.07 Å². The number of hydrogen-bond acceptors (Lipinski definition) is 3. The van der Waals surface area contributed by atoms with Crippen LogP contribution in [0.3, 0.4) is 0 Å². The minimum Gasteiger partial charge on any atom is -0.375 e. The Bertz CT molecular complexity index is 707. The van der Waals surface area contributed by atoms with E-state index in [1.165, 1.54) is 0 Å². The maximum Gasteiger partial charge on any atom is 0.243 e. The summed E-state index contributed by atoms with van der Waals surface area (Å²) in [5.41, 5.74) is 2.71. The molecule has 0 saturated carbocycles. The molecule has 0 unspecified atom stereocenters. The summed E-state index contributed by atoms with van der Waals surface area (Å²) in [6.07, 6.45) is 0. The molecule has 1 amide bonds. The van der Waals surface area contributed by atoms with Gasteiger partial charge in [0.05, 0.1) is 17.8 Å². The van der Waals surface area contributed by atoms with Crippen LogP contribution in [0.5, 0.6) is 0 Å². The maximum atomic E-state index is 11.9. The Labute approximate surface area is 128 Å². The quantitative estimate of drug-likeness (QED) is 0.907. The topological polar surface area (TPSA) is 64.9 Å². The molecule has 4 nitrogen and oxygen atoms in total. The first-order chi connectivity index (χ1) is 10.1. The van der Waals surface area contributed by atoms with Gasteiger partial charge >= 0.3 is 0 Å².